The SMILES string of the molecule is CS[C@@H]1CCN(c2ncc(F)cn2)C1. The smallest absolute Gasteiger partial charge is 0.225 e. The molecule has 14 heavy (non-hydrogen) atoms. The van der Waals surface area contributed by atoms with Crippen LogP contribution in [0.4, 0.5) is 10.3 Å². The van der Waals surface area contributed by atoms with Gasteiger partial charge in [-0.05, 0) is 12.7 Å². The second-order valence-corrected chi connectivity index (χ2v) is 4.43. The Balaban J connectivity index is 2.06. The molecule has 1 aliphatic rings. The molecule has 0 spiro atoms. The Morgan fingerprint density at radius 1 is 1.50 bits per heavy atom. The van der Waals surface area contributed by atoms with Crippen molar-refractivity contribution in [3.05, 3.63) is 18.2 Å². The van der Waals surface area contributed by atoms with E-state index in [0.717, 1.165) is 19.5 Å². The largest absolute Gasteiger partial charge is 0.340 e. The van der Waals surface area contributed by atoms with Crippen LogP contribution in [0.2, 0.25) is 0 Å². The van der Waals surface area contributed by atoms with Crippen LogP contribution in [-0.4, -0.2) is 34.6 Å². The third kappa shape index (κ3) is 1.97. The summed E-state index contributed by atoms with van der Waals surface area (Å²) in [5.74, 6) is 0.261. The van der Waals surface area contributed by atoms with Crippen molar-refractivity contribution >= 4 is 17.7 Å². The Kier molecular flexibility index (Phi) is 2.86. The van der Waals surface area contributed by atoms with E-state index in [9.17, 15) is 4.39 Å². The van der Waals surface area contributed by atoms with Crippen molar-refractivity contribution in [1.82, 2.24) is 9.97 Å². The van der Waals surface area contributed by atoms with E-state index < -0.39 is 0 Å². The molecule has 1 aliphatic heterocycles. The van der Waals surface area contributed by atoms with Crippen molar-refractivity contribution in [2.24, 2.45) is 0 Å². The summed E-state index contributed by atoms with van der Waals surface area (Å²) >= 11 is 1.86. The molecule has 0 unspecified atom stereocenters. The molecule has 0 N–H and O–H groups in total. The number of nitrogens with zero attached hydrogens (tertiary/aromatic N) is 3. The molecule has 3 nitrogen and oxygen atoms in total. The van der Waals surface area contributed by atoms with E-state index in [1.807, 2.05) is 11.8 Å². The zero-order chi connectivity index (χ0) is 9.97. The summed E-state index contributed by atoms with van der Waals surface area (Å²) in [6, 6.07) is 0. The third-order valence-corrected chi connectivity index (χ3v) is 3.42. The Hall–Kier alpha value is -0.840. The maximum absolute atomic E-state index is 12.6. The number of halogens is 1. The second-order valence-electron chi connectivity index (χ2n) is 3.29. The van der Waals surface area contributed by atoms with Crippen molar-refractivity contribution in [2.75, 3.05) is 24.2 Å². The van der Waals surface area contributed by atoms with E-state index in [4.69, 9.17) is 0 Å². The van der Waals surface area contributed by atoms with E-state index in [-0.39, 0.29) is 5.82 Å². The standard InChI is InChI=1S/C9H12FN3S/c1-14-8-2-3-13(6-8)9-11-4-7(10)5-12-9/h4-5,8H,2-3,6H2,1H3/t8-/m1/s1. The van der Waals surface area contributed by atoms with Crippen molar-refractivity contribution < 1.29 is 4.39 Å². The van der Waals surface area contributed by atoms with Gasteiger partial charge in [-0.25, -0.2) is 14.4 Å². The molecule has 0 amide bonds. The van der Waals surface area contributed by atoms with Crippen LogP contribution in [0.15, 0.2) is 12.4 Å². The number of anilines is 1. The molecule has 1 saturated heterocycles. The number of hydrogen-bond donors (Lipinski definition) is 0. The van der Waals surface area contributed by atoms with Gasteiger partial charge < -0.3 is 4.90 Å². The highest BCUT2D eigenvalue weighted by Crippen LogP contribution is 2.22. The molecule has 0 bridgehead atoms. The molecule has 0 aromatic carbocycles. The van der Waals surface area contributed by atoms with E-state index in [0.29, 0.717) is 11.2 Å². The number of thioether (sulfide) groups is 1. The number of rotatable bonds is 2. The normalized spacial score (nSPS) is 21.6. The fraction of sp³-hybridized carbons (Fsp3) is 0.556. The Morgan fingerprint density at radius 2 is 2.21 bits per heavy atom. The van der Waals surface area contributed by atoms with Crippen LogP contribution in [0, 0.1) is 5.82 Å². The van der Waals surface area contributed by atoms with Gasteiger partial charge in [0.2, 0.25) is 5.95 Å². The lowest BCUT2D eigenvalue weighted by Gasteiger charge is -2.14. The van der Waals surface area contributed by atoms with Crippen molar-refractivity contribution in [3.63, 3.8) is 0 Å². The van der Waals surface area contributed by atoms with Crippen molar-refractivity contribution in [1.29, 1.82) is 0 Å². The fourth-order valence-corrected chi connectivity index (χ4v) is 2.24. The van der Waals surface area contributed by atoms with Gasteiger partial charge in [0, 0.05) is 18.3 Å². The average molecular weight is 213 g/mol. The minimum absolute atomic E-state index is 0.380. The fourth-order valence-electron chi connectivity index (χ4n) is 1.57. The molecule has 1 atom stereocenters. The van der Waals surface area contributed by atoms with Crippen molar-refractivity contribution in [3.8, 4) is 0 Å². The van der Waals surface area contributed by atoms with Gasteiger partial charge in [0.05, 0.1) is 12.4 Å². The number of aromatic nitrogens is 2. The molecule has 5 heteroatoms. The Morgan fingerprint density at radius 3 is 2.79 bits per heavy atom. The zero-order valence-corrected chi connectivity index (χ0v) is 8.80. The summed E-state index contributed by atoms with van der Waals surface area (Å²) in [6.07, 6.45) is 5.70. The zero-order valence-electron chi connectivity index (χ0n) is 7.98. The van der Waals surface area contributed by atoms with Crippen LogP contribution in [-0.2, 0) is 0 Å². The highest BCUT2D eigenvalue weighted by atomic mass is 32.2. The lowest BCUT2D eigenvalue weighted by molar-refractivity contribution is 0.612. The third-order valence-electron chi connectivity index (χ3n) is 2.37. The molecule has 1 fully saturated rings. The van der Waals surface area contributed by atoms with Gasteiger partial charge in [-0.1, -0.05) is 0 Å². The predicted octanol–water partition coefficient (Wildman–Crippen LogP) is 1.56. The molecule has 2 heterocycles. The van der Waals surface area contributed by atoms with Gasteiger partial charge in [-0.3, -0.25) is 0 Å². The van der Waals surface area contributed by atoms with Gasteiger partial charge in [0.1, 0.15) is 0 Å². The molecule has 0 aliphatic carbocycles. The first-order chi connectivity index (χ1) is 6.79. The first-order valence-corrected chi connectivity index (χ1v) is 5.83. The van der Waals surface area contributed by atoms with Crippen LogP contribution in [0.1, 0.15) is 6.42 Å². The van der Waals surface area contributed by atoms with Gasteiger partial charge in [0.25, 0.3) is 0 Å². The van der Waals surface area contributed by atoms with Crippen LogP contribution in [0.5, 0.6) is 0 Å². The summed E-state index contributed by atoms with van der Waals surface area (Å²) < 4.78 is 12.6. The van der Waals surface area contributed by atoms with Crippen LogP contribution in [0.3, 0.4) is 0 Å². The van der Waals surface area contributed by atoms with Crippen LogP contribution < -0.4 is 4.90 Å². The molecular formula is C9H12FN3S. The van der Waals surface area contributed by atoms with Gasteiger partial charge in [-0.2, -0.15) is 11.8 Å². The minimum atomic E-state index is -0.380. The molecule has 0 radical (unpaired) electrons. The summed E-state index contributed by atoms with van der Waals surface area (Å²) in [5, 5.41) is 0.656. The first-order valence-electron chi connectivity index (χ1n) is 4.55. The Bertz CT molecular complexity index is 303. The quantitative estimate of drug-likeness (QED) is 0.745. The van der Waals surface area contributed by atoms with Crippen LogP contribution >= 0.6 is 11.8 Å². The summed E-state index contributed by atoms with van der Waals surface area (Å²) in [7, 11) is 0. The van der Waals surface area contributed by atoms with E-state index in [2.05, 4.69) is 21.1 Å². The Labute approximate surface area is 86.7 Å². The summed E-state index contributed by atoms with van der Waals surface area (Å²) in [5.41, 5.74) is 0. The first kappa shape index (κ1) is 9.71. The molecule has 1 aromatic heterocycles. The van der Waals surface area contributed by atoms with Crippen LogP contribution in [0.25, 0.3) is 0 Å². The van der Waals surface area contributed by atoms with Gasteiger partial charge >= 0.3 is 0 Å². The van der Waals surface area contributed by atoms with Gasteiger partial charge in [-0.15, -0.1) is 0 Å². The second kappa shape index (κ2) is 4.13. The van der Waals surface area contributed by atoms with E-state index >= 15 is 0 Å². The molecule has 1 aromatic rings. The summed E-state index contributed by atoms with van der Waals surface area (Å²) in [6.45, 7) is 1.93. The number of hydrogen-bond acceptors (Lipinski definition) is 4. The molecule has 0 saturated carbocycles. The lowest BCUT2D eigenvalue weighted by Crippen LogP contribution is -2.22. The van der Waals surface area contributed by atoms with Gasteiger partial charge in [0.15, 0.2) is 5.82 Å². The molecular weight excluding hydrogens is 201 g/mol. The maximum Gasteiger partial charge on any atom is 0.225 e. The minimum Gasteiger partial charge on any atom is -0.340 e. The van der Waals surface area contributed by atoms with E-state index in [1.54, 1.807) is 0 Å². The maximum atomic E-state index is 12.6. The highest BCUT2D eigenvalue weighted by molar-refractivity contribution is 7.99. The van der Waals surface area contributed by atoms with Crippen molar-refractivity contribution in [2.45, 2.75) is 11.7 Å². The monoisotopic (exact) mass is 213 g/mol. The predicted molar refractivity (Wildman–Crippen MR) is 56.1 cm³/mol. The lowest BCUT2D eigenvalue weighted by atomic mass is 10.4. The highest BCUT2D eigenvalue weighted by Gasteiger charge is 2.23. The molecule has 2 rings (SSSR count). The molecule has 76 valence electrons. The average Bonchev–Trinajstić information content (AvgIpc) is 2.67. The van der Waals surface area contributed by atoms with E-state index in [1.165, 1.54) is 12.4 Å². The topological polar surface area (TPSA) is 29.0 Å². The summed E-state index contributed by atoms with van der Waals surface area (Å²) in [4.78, 5) is 10.0.